The number of pyridine rings is 2. The van der Waals surface area contributed by atoms with E-state index in [0.29, 0.717) is 24.4 Å². The summed E-state index contributed by atoms with van der Waals surface area (Å²) in [5.41, 5.74) is 2.00. The van der Waals surface area contributed by atoms with E-state index in [1.165, 1.54) is 0 Å². The van der Waals surface area contributed by atoms with Crippen LogP contribution in [0.4, 0.5) is 0 Å². The van der Waals surface area contributed by atoms with Crippen LogP contribution in [0.3, 0.4) is 0 Å². The van der Waals surface area contributed by atoms with Gasteiger partial charge in [-0.1, -0.05) is 18.6 Å². The first-order chi connectivity index (χ1) is 18.0. The van der Waals surface area contributed by atoms with Crippen LogP contribution < -0.4 is 5.32 Å². The minimum Gasteiger partial charge on any atom is -0.356 e. The molecule has 10 nitrogen and oxygen atoms in total. The van der Waals surface area contributed by atoms with Crippen LogP contribution in [-0.4, -0.2) is 56.7 Å². The Hall–Kier alpha value is -3.66. The molecule has 3 amide bonds. The fraction of sp³-hybridized carbons (Fsp3) is 0.481. The third-order valence-electron chi connectivity index (χ3n) is 5.93. The molecular formula is C27H35N5O5. The van der Waals surface area contributed by atoms with E-state index < -0.39 is 17.8 Å². The lowest BCUT2D eigenvalue weighted by Gasteiger charge is -2.21. The number of hydrogen-bond donors (Lipinski definition) is 1. The molecule has 1 aliphatic rings. The van der Waals surface area contributed by atoms with E-state index in [9.17, 15) is 19.2 Å². The number of unbranched alkanes of at least 4 members (excludes halogenated alkanes) is 3. The van der Waals surface area contributed by atoms with Crippen LogP contribution in [-0.2, 0) is 37.1 Å². The lowest BCUT2D eigenvalue weighted by atomic mass is 10.2. The maximum atomic E-state index is 12.2. The zero-order chi connectivity index (χ0) is 26.3. The first kappa shape index (κ1) is 27.9. The van der Waals surface area contributed by atoms with Crippen molar-refractivity contribution in [3.8, 4) is 0 Å². The number of rotatable bonds is 16. The molecule has 2 aromatic heterocycles. The fourth-order valence-electron chi connectivity index (χ4n) is 3.97. The molecule has 0 bridgehead atoms. The van der Waals surface area contributed by atoms with Crippen molar-refractivity contribution < 1.29 is 24.0 Å². The minimum atomic E-state index is -0.590. The van der Waals surface area contributed by atoms with Crippen LogP contribution >= 0.6 is 0 Å². The van der Waals surface area contributed by atoms with Gasteiger partial charge in [0.25, 0.3) is 11.8 Å². The zero-order valence-corrected chi connectivity index (χ0v) is 21.1. The first-order valence-electron chi connectivity index (χ1n) is 12.9. The summed E-state index contributed by atoms with van der Waals surface area (Å²) < 4.78 is 0. The molecule has 0 atom stereocenters. The molecule has 1 aliphatic heterocycles. The Balaban J connectivity index is 1.25. The highest BCUT2D eigenvalue weighted by molar-refractivity contribution is 6.01. The fourth-order valence-corrected chi connectivity index (χ4v) is 3.97. The molecule has 1 fully saturated rings. The van der Waals surface area contributed by atoms with E-state index in [1.807, 2.05) is 36.4 Å². The van der Waals surface area contributed by atoms with Crippen molar-refractivity contribution in [2.24, 2.45) is 0 Å². The molecule has 0 radical (unpaired) electrons. The highest BCUT2D eigenvalue weighted by Crippen LogP contribution is 2.13. The van der Waals surface area contributed by atoms with Crippen LogP contribution in [0.2, 0.25) is 0 Å². The Labute approximate surface area is 217 Å². The molecule has 3 heterocycles. The molecule has 1 N–H and O–H groups in total. The van der Waals surface area contributed by atoms with Crippen molar-refractivity contribution in [1.82, 2.24) is 25.2 Å². The molecular weight excluding hydrogens is 474 g/mol. The summed E-state index contributed by atoms with van der Waals surface area (Å²) in [6, 6.07) is 11.8. The molecule has 198 valence electrons. The van der Waals surface area contributed by atoms with Gasteiger partial charge >= 0.3 is 5.97 Å². The summed E-state index contributed by atoms with van der Waals surface area (Å²) in [5, 5.41) is 3.49. The van der Waals surface area contributed by atoms with Gasteiger partial charge in [-0.2, -0.15) is 0 Å². The van der Waals surface area contributed by atoms with Gasteiger partial charge in [0.15, 0.2) is 0 Å². The van der Waals surface area contributed by atoms with E-state index in [2.05, 4.69) is 20.2 Å². The number of nitrogens with one attached hydrogen (secondary N) is 1. The van der Waals surface area contributed by atoms with Crippen molar-refractivity contribution >= 4 is 23.7 Å². The normalized spacial score (nSPS) is 13.3. The van der Waals surface area contributed by atoms with Gasteiger partial charge in [-0.15, -0.1) is 5.06 Å². The highest BCUT2D eigenvalue weighted by Gasteiger charge is 2.32. The third kappa shape index (κ3) is 10.5. The van der Waals surface area contributed by atoms with E-state index in [-0.39, 0.29) is 25.2 Å². The standard InChI is InChI=1S/C27H35N5O5/c33-24(30-18-6-1-2-13-27(36)37-32-25(34)14-15-26(32)35)12-5-9-19-31(20-22-10-3-7-16-28-22)21-23-11-4-8-17-29-23/h3-4,7-8,10-11,16-17H,1-2,5-6,9,12-15,18-21H2,(H,30,33). The van der Waals surface area contributed by atoms with Crippen LogP contribution in [0.5, 0.6) is 0 Å². The maximum Gasteiger partial charge on any atom is 0.333 e. The highest BCUT2D eigenvalue weighted by atomic mass is 16.7. The number of hydroxylamine groups is 2. The summed E-state index contributed by atoms with van der Waals surface area (Å²) in [5.74, 6) is -1.52. The third-order valence-corrected chi connectivity index (χ3v) is 5.93. The van der Waals surface area contributed by atoms with Gasteiger partial charge < -0.3 is 10.2 Å². The summed E-state index contributed by atoms with van der Waals surface area (Å²) in [6.07, 6.45) is 8.05. The average molecular weight is 510 g/mol. The van der Waals surface area contributed by atoms with E-state index >= 15 is 0 Å². The van der Waals surface area contributed by atoms with E-state index in [1.54, 1.807) is 12.4 Å². The van der Waals surface area contributed by atoms with Gasteiger partial charge in [0, 0.05) is 57.7 Å². The first-order valence-corrected chi connectivity index (χ1v) is 12.9. The molecule has 3 rings (SSSR count). The molecule has 0 aliphatic carbocycles. The monoisotopic (exact) mass is 509 g/mol. The summed E-state index contributed by atoms with van der Waals surface area (Å²) >= 11 is 0. The van der Waals surface area contributed by atoms with Gasteiger partial charge in [-0.05, 0) is 56.5 Å². The molecule has 0 spiro atoms. The van der Waals surface area contributed by atoms with E-state index in [0.717, 1.165) is 56.7 Å². The number of imide groups is 1. The lowest BCUT2D eigenvalue weighted by Crippen LogP contribution is -2.31. The number of aromatic nitrogens is 2. The predicted octanol–water partition coefficient (Wildman–Crippen LogP) is 2.93. The average Bonchev–Trinajstić information content (AvgIpc) is 3.21. The Morgan fingerprint density at radius 2 is 1.46 bits per heavy atom. The topological polar surface area (TPSA) is 122 Å². The van der Waals surface area contributed by atoms with Crippen molar-refractivity contribution in [2.45, 2.75) is 70.9 Å². The van der Waals surface area contributed by atoms with Crippen LogP contribution in [0.15, 0.2) is 48.8 Å². The van der Waals surface area contributed by atoms with Gasteiger partial charge in [-0.25, -0.2) is 4.79 Å². The molecule has 10 heteroatoms. The lowest BCUT2D eigenvalue weighted by molar-refractivity contribution is -0.197. The molecule has 0 aromatic carbocycles. The Kier molecular flexibility index (Phi) is 11.7. The molecule has 1 saturated heterocycles. The molecule has 2 aromatic rings. The van der Waals surface area contributed by atoms with Crippen molar-refractivity contribution in [2.75, 3.05) is 13.1 Å². The van der Waals surface area contributed by atoms with Gasteiger partial charge in [0.1, 0.15) is 0 Å². The predicted molar refractivity (Wildman–Crippen MR) is 135 cm³/mol. The number of hydrogen-bond acceptors (Lipinski definition) is 8. The van der Waals surface area contributed by atoms with Crippen molar-refractivity contribution in [1.29, 1.82) is 0 Å². The van der Waals surface area contributed by atoms with Crippen LogP contribution in [0.1, 0.15) is 69.2 Å². The largest absolute Gasteiger partial charge is 0.356 e. The van der Waals surface area contributed by atoms with Gasteiger partial charge in [0.2, 0.25) is 5.91 Å². The van der Waals surface area contributed by atoms with Crippen molar-refractivity contribution in [3.05, 3.63) is 60.2 Å². The van der Waals surface area contributed by atoms with Crippen LogP contribution in [0, 0.1) is 0 Å². The van der Waals surface area contributed by atoms with Crippen molar-refractivity contribution in [3.63, 3.8) is 0 Å². The number of carbonyl (C=O) groups excluding carboxylic acids is 4. The Bertz CT molecular complexity index is 961. The molecule has 37 heavy (non-hydrogen) atoms. The smallest absolute Gasteiger partial charge is 0.333 e. The second kappa shape index (κ2) is 15.5. The van der Waals surface area contributed by atoms with E-state index in [4.69, 9.17) is 4.84 Å². The number of amides is 3. The number of nitrogens with zero attached hydrogens (tertiary/aromatic N) is 4. The number of carbonyl (C=O) groups is 4. The summed E-state index contributed by atoms with van der Waals surface area (Å²) in [4.78, 5) is 62.9. The van der Waals surface area contributed by atoms with Gasteiger partial charge in [-0.3, -0.25) is 29.3 Å². The minimum absolute atomic E-state index is 0.0199. The maximum absolute atomic E-state index is 12.2. The summed E-state index contributed by atoms with van der Waals surface area (Å²) in [7, 11) is 0. The molecule has 0 unspecified atom stereocenters. The second-order valence-electron chi connectivity index (χ2n) is 9.02. The van der Waals surface area contributed by atoms with Gasteiger partial charge in [0.05, 0.1) is 11.4 Å². The SMILES string of the molecule is O=C(CCCCN(Cc1ccccn1)Cc1ccccn1)NCCCCCC(=O)ON1C(=O)CCC1=O. The zero-order valence-electron chi connectivity index (χ0n) is 21.1. The van der Waals surface area contributed by atoms with Crippen LogP contribution in [0.25, 0.3) is 0 Å². The quantitative estimate of drug-likeness (QED) is 0.271. The molecule has 0 saturated carbocycles. The Morgan fingerprint density at radius 1 is 0.838 bits per heavy atom. The second-order valence-corrected chi connectivity index (χ2v) is 9.02. The Morgan fingerprint density at radius 3 is 2.05 bits per heavy atom. The summed E-state index contributed by atoms with van der Waals surface area (Å²) in [6.45, 7) is 2.83.